The average molecular weight is 376 g/mol. The molecule has 0 spiro atoms. The Balaban J connectivity index is 1.60. The van der Waals surface area contributed by atoms with Gasteiger partial charge in [0.2, 0.25) is 0 Å². The van der Waals surface area contributed by atoms with Gasteiger partial charge in [-0.1, -0.05) is 6.07 Å². The van der Waals surface area contributed by atoms with Crippen LogP contribution in [0.3, 0.4) is 0 Å². The number of nitrogens with one attached hydrogen (secondary N) is 1. The molecule has 2 aromatic heterocycles. The number of aromatic nitrogens is 3. The molecule has 0 bridgehead atoms. The third-order valence-corrected chi connectivity index (χ3v) is 5.35. The number of hydrogen-bond donors (Lipinski definition) is 1. The first kappa shape index (κ1) is 18.4. The van der Waals surface area contributed by atoms with Crippen LogP contribution < -0.4 is 10.3 Å². The van der Waals surface area contributed by atoms with Gasteiger partial charge in [0.05, 0.1) is 12.8 Å². The van der Waals surface area contributed by atoms with Crippen molar-refractivity contribution in [1.82, 2.24) is 19.9 Å². The summed E-state index contributed by atoms with van der Waals surface area (Å²) >= 11 is 0. The van der Waals surface area contributed by atoms with Crippen molar-refractivity contribution >= 4 is 0 Å². The largest absolute Gasteiger partial charge is 0.496 e. The summed E-state index contributed by atoms with van der Waals surface area (Å²) in [6, 6.07) is 7.99. The van der Waals surface area contributed by atoms with Crippen LogP contribution in [0.1, 0.15) is 27.9 Å². The van der Waals surface area contributed by atoms with E-state index in [0.29, 0.717) is 18.8 Å². The van der Waals surface area contributed by atoms with E-state index in [1.807, 2.05) is 12.1 Å². The van der Waals surface area contributed by atoms with E-state index in [0.717, 1.165) is 41.2 Å². The van der Waals surface area contributed by atoms with Crippen molar-refractivity contribution in [2.45, 2.75) is 33.4 Å². The third kappa shape index (κ3) is 3.55. The number of methoxy groups -OCH3 is 1. The van der Waals surface area contributed by atoms with Gasteiger partial charge >= 0.3 is 0 Å². The van der Waals surface area contributed by atoms with E-state index in [-0.39, 0.29) is 5.56 Å². The normalized spacial score (nSPS) is 14.0. The summed E-state index contributed by atoms with van der Waals surface area (Å²) in [6.07, 6.45) is 4.12. The zero-order chi connectivity index (χ0) is 19.7. The van der Waals surface area contributed by atoms with Crippen molar-refractivity contribution in [2.24, 2.45) is 0 Å². The predicted molar refractivity (Wildman–Crippen MR) is 108 cm³/mol. The minimum Gasteiger partial charge on any atom is -0.496 e. The molecule has 6 nitrogen and oxygen atoms in total. The van der Waals surface area contributed by atoms with Crippen molar-refractivity contribution in [3.8, 4) is 17.1 Å². The first-order chi connectivity index (χ1) is 13.5. The van der Waals surface area contributed by atoms with Gasteiger partial charge in [-0.05, 0) is 55.2 Å². The van der Waals surface area contributed by atoms with E-state index in [1.54, 1.807) is 19.5 Å². The summed E-state index contributed by atoms with van der Waals surface area (Å²) in [5.41, 5.74) is 6.13. The maximum atomic E-state index is 12.5. The van der Waals surface area contributed by atoms with Crippen LogP contribution in [0.2, 0.25) is 0 Å². The van der Waals surface area contributed by atoms with Gasteiger partial charge < -0.3 is 9.72 Å². The number of fused-ring (bicyclic) bond motifs is 1. The molecule has 4 rings (SSSR count). The van der Waals surface area contributed by atoms with Crippen LogP contribution in [0, 0.1) is 13.8 Å². The molecule has 1 aliphatic rings. The Labute approximate surface area is 164 Å². The van der Waals surface area contributed by atoms with Crippen LogP contribution in [-0.4, -0.2) is 33.5 Å². The molecule has 0 amide bonds. The Kier molecular flexibility index (Phi) is 4.96. The van der Waals surface area contributed by atoms with Crippen LogP contribution >= 0.6 is 0 Å². The first-order valence-electron chi connectivity index (χ1n) is 9.44. The molecule has 28 heavy (non-hydrogen) atoms. The Hall–Kier alpha value is -2.99. The Morgan fingerprint density at radius 1 is 1.18 bits per heavy atom. The van der Waals surface area contributed by atoms with Gasteiger partial charge in [0.15, 0.2) is 0 Å². The topological polar surface area (TPSA) is 71.1 Å². The molecule has 0 fully saturated rings. The van der Waals surface area contributed by atoms with Crippen LogP contribution in [0.15, 0.2) is 41.5 Å². The van der Waals surface area contributed by atoms with E-state index in [2.05, 4.69) is 40.8 Å². The van der Waals surface area contributed by atoms with E-state index in [9.17, 15) is 4.79 Å². The standard InChI is InChI=1S/C22H24N4O2/c1-14-11-20(28-3)15(2)10-17(14)12-26-9-6-18-19(13-26)24-21(25-22(18)27)16-4-7-23-8-5-16/h4-5,7-8,10-11H,6,9,12-13H2,1-3H3,(H,24,25,27). The molecular weight excluding hydrogens is 352 g/mol. The molecule has 1 aliphatic heterocycles. The minimum absolute atomic E-state index is 0.0343. The molecule has 0 saturated heterocycles. The lowest BCUT2D eigenvalue weighted by molar-refractivity contribution is 0.240. The van der Waals surface area contributed by atoms with Crippen molar-refractivity contribution < 1.29 is 4.74 Å². The van der Waals surface area contributed by atoms with Crippen LogP contribution in [-0.2, 0) is 19.5 Å². The average Bonchev–Trinajstić information content (AvgIpc) is 2.71. The highest BCUT2D eigenvalue weighted by Gasteiger charge is 2.22. The summed E-state index contributed by atoms with van der Waals surface area (Å²) in [7, 11) is 1.70. The number of H-pyrrole nitrogens is 1. The molecular formula is C22H24N4O2. The molecule has 0 unspecified atom stereocenters. The third-order valence-electron chi connectivity index (χ3n) is 5.35. The Morgan fingerprint density at radius 2 is 1.96 bits per heavy atom. The number of rotatable bonds is 4. The lowest BCUT2D eigenvalue weighted by Crippen LogP contribution is -2.35. The SMILES string of the molecule is COc1cc(C)c(CN2CCc3c(nc(-c4ccncc4)[nH]c3=O)C2)cc1C. The smallest absolute Gasteiger partial charge is 0.254 e. The van der Waals surface area contributed by atoms with E-state index in [1.165, 1.54) is 11.1 Å². The highest BCUT2D eigenvalue weighted by Crippen LogP contribution is 2.25. The Morgan fingerprint density at radius 3 is 2.71 bits per heavy atom. The lowest BCUT2D eigenvalue weighted by atomic mass is 10.0. The second-order valence-corrected chi connectivity index (χ2v) is 7.28. The maximum Gasteiger partial charge on any atom is 0.254 e. The lowest BCUT2D eigenvalue weighted by Gasteiger charge is -2.28. The number of ether oxygens (including phenoxy) is 1. The minimum atomic E-state index is -0.0343. The van der Waals surface area contributed by atoms with Gasteiger partial charge in [-0.3, -0.25) is 14.7 Å². The van der Waals surface area contributed by atoms with E-state index >= 15 is 0 Å². The highest BCUT2D eigenvalue weighted by atomic mass is 16.5. The van der Waals surface area contributed by atoms with Gasteiger partial charge in [-0.15, -0.1) is 0 Å². The number of hydrogen-bond acceptors (Lipinski definition) is 5. The second kappa shape index (κ2) is 7.56. The second-order valence-electron chi connectivity index (χ2n) is 7.28. The molecule has 1 aromatic carbocycles. The highest BCUT2D eigenvalue weighted by molar-refractivity contribution is 5.54. The molecule has 144 valence electrons. The molecule has 6 heteroatoms. The summed E-state index contributed by atoms with van der Waals surface area (Å²) in [4.78, 5) is 26.6. The van der Waals surface area contributed by atoms with E-state index in [4.69, 9.17) is 9.72 Å². The molecule has 3 aromatic rings. The fourth-order valence-electron chi connectivity index (χ4n) is 3.76. The zero-order valence-electron chi connectivity index (χ0n) is 16.5. The van der Waals surface area contributed by atoms with Gasteiger partial charge in [-0.2, -0.15) is 0 Å². The van der Waals surface area contributed by atoms with Crippen molar-refractivity contribution in [3.05, 3.63) is 75.0 Å². The number of pyridine rings is 1. The zero-order valence-corrected chi connectivity index (χ0v) is 16.5. The first-order valence-corrected chi connectivity index (χ1v) is 9.44. The maximum absolute atomic E-state index is 12.5. The fourth-order valence-corrected chi connectivity index (χ4v) is 3.76. The van der Waals surface area contributed by atoms with Gasteiger partial charge in [0, 0.05) is 43.2 Å². The summed E-state index contributed by atoms with van der Waals surface area (Å²) in [5.74, 6) is 1.52. The predicted octanol–water partition coefficient (Wildman–Crippen LogP) is 3.02. The van der Waals surface area contributed by atoms with Crippen LogP contribution in [0.25, 0.3) is 11.4 Å². The number of nitrogens with zero attached hydrogens (tertiary/aromatic N) is 3. The summed E-state index contributed by atoms with van der Waals surface area (Å²) < 4.78 is 5.42. The van der Waals surface area contributed by atoms with Crippen LogP contribution in [0.4, 0.5) is 0 Å². The molecule has 1 N–H and O–H groups in total. The number of aromatic amines is 1. The number of benzene rings is 1. The molecule has 0 radical (unpaired) electrons. The van der Waals surface area contributed by atoms with Gasteiger partial charge in [0.25, 0.3) is 5.56 Å². The van der Waals surface area contributed by atoms with Crippen LogP contribution in [0.5, 0.6) is 5.75 Å². The van der Waals surface area contributed by atoms with Gasteiger partial charge in [0.1, 0.15) is 11.6 Å². The number of aryl methyl sites for hydroxylation is 2. The molecule has 0 atom stereocenters. The molecule has 0 aliphatic carbocycles. The summed E-state index contributed by atoms with van der Waals surface area (Å²) in [5, 5.41) is 0. The molecule has 0 saturated carbocycles. The molecule has 3 heterocycles. The van der Waals surface area contributed by atoms with Crippen molar-refractivity contribution in [3.63, 3.8) is 0 Å². The van der Waals surface area contributed by atoms with E-state index < -0.39 is 0 Å². The van der Waals surface area contributed by atoms with Crippen molar-refractivity contribution in [1.29, 1.82) is 0 Å². The fraction of sp³-hybridized carbons (Fsp3) is 0.318. The quantitative estimate of drug-likeness (QED) is 0.758. The van der Waals surface area contributed by atoms with Crippen molar-refractivity contribution in [2.75, 3.05) is 13.7 Å². The summed E-state index contributed by atoms with van der Waals surface area (Å²) in [6.45, 7) is 6.52. The Bertz CT molecular complexity index is 1060. The van der Waals surface area contributed by atoms with Gasteiger partial charge in [-0.25, -0.2) is 4.98 Å². The monoisotopic (exact) mass is 376 g/mol.